The van der Waals surface area contributed by atoms with Crippen LogP contribution < -0.4 is 0 Å². The number of esters is 1. The predicted octanol–water partition coefficient (Wildman–Crippen LogP) is 4.28. The number of allylic oxidation sites excluding steroid dienone is 3. The Balaban J connectivity index is 2.43. The average molecular weight is 552 g/mol. The Bertz CT molecular complexity index is 856. The Morgan fingerprint density at radius 2 is 1.69 bits per heavy atom. The van der Waals surface area contributed by atoms with Gasteiger partial charge < -0.3 is 29.3 Å². The Hall–Kier alpha value is -1.58. The van der Waals surface area contributed by atoms with E-state index in [9.17, 15) is 19.8 Å². The molecule has 8 nitrogen and oxygen atoms in total. The molecule has 1 saturated heterocycles. The number of nitrogens with zero attached hydrogens (tertiary/aromatic N) is 1. The minimum atomic E-state index is -1.02. The molecule has 0 aromatic heterocycles. The number of aliphatic hydroxyl groups is 2. The van der Waals surface area contributed by atoms with Crippen LogP contribution in [0.25, 0.3) is 0 Å². The highest BCUT2D eigenvalue weighted by Gasteiger charge is 2.43. The summed E-state index contributed by atoms with van der Waals surface area (Å²) in [6.45, 7) is 13.6. The zero-order chi connectivity index (χ0) is 29.4. The molecule has 0 amide bonds. The Kier molecular flexibility index (Phi) is 13.3. The number of carbonyl (C=O) groups excluding carboxylic acids is 2. The van der Waals surface area contributed by atoms with Crippen molar-refractivity contribution in [1.82, 2.24) is 4.90 Å². The fraction of sp³-hybridized carbons (Fsp3) is 0.806. The molecule has 0 bridgehead atoms. The number of carbonyl (C=O) groups is 2. The van der Waals surface area contributed by atoms with Gasteiger partial charge in [-0.3, -0.25) is 9.59 Å². The minimum Gasteiger partial charge on any atom is -0.462 e. The predicted molar refractivity (Wildman–Crippen MR) is 152 cm³/mol. The highest BCUT2D eigenvalue weighted by Crippen LogP contribution is 2.34. The molecule has 39 heavy (non-hydrogen) atoms. The molecule has 11 atom stereocenters. The smallest absolute Gasteiger partial charge is 0.308 e. The zero-order valence-electron chi connectivity index (χ0n) is 25.5. The van der Waals surface area contributed by atoms with Crippen LogP contribution in [0.2, 0.25) is 0 Å². The van der Waals surface area contributed by atoms with Gasteiger partial charge in [-0.1, -0.05) is 58.8 Å². The largest absolute Gasteiger partial charge is 0.462 e. The monoisotopic (exact) mass is 551 g/mol. The molecule has 224 valence electrons. The first kappa shape index (κ1) is 33.6. The summed E-state index contributed by atoms with van der Waals surface area (Å²) >= 11 is 0. The van der Waals surface area contributed by atoms with Crippen LogP contribution in [-0.4, -0.2) is 83.8 Å². The van der Waals surface area contributed by atoms with Gasteiger partial charge in [-0.15, -0.1) is 0 Å². The van der Waals surface area contributed by atoms with Crippen LogP contribution in [0.15, 0.2) is 23.8 Å². The minimum absolute atomic E-state index is 0.0293. The number of aliphatic hydroxyl groups excluding tert-OH is 2. The van der Waals surface area contributed by atoms with Crippen molar-refractivity contribution in [2.24, 2.45) is 23.7 Å². The second-order valence-electron chi connectivity index (χ2n) is 12.1. The lowest BCUT2D eigenvalue weighted by molar-refractivity contribution is -0.283. The maximum absolute atomic E-state index is 13.1. The van der Waals surface area contributed by atoms with Crippen LogP contribution in [0, 0.1) is 23.7 Å². The first-order valence-electron chi connectivity index (χ1n) is 14.7. The van der Waals surface area contributed by atoms with Crippen molar-refractivity contribution in [2.75, 3.05) is 14.1 Å². The fourth-order valence-corrected chi connectivity index (χ4v) is 5.89. The normalized spacial score (nSPS) is 42.1. The number of ether oxygens (including phenoxy) is 3. The van der Waals surface area contributed by atoms with Crippen molar-refractivity contribution in [1.29, 1.82) is 0 Å². The lowest BCUT2D eigenvalue weighted by Gasteiger charge is -2.44. The van der Waals surface area contributed by atoms with Gasteiger partial charge in [0, 0.05) is 23.8 Å². The summed E-state index contributed by atoms with van der Waals surface area (Å²) in [7, 11) is 3.84. The molecule has 2 rings (SSSR count). The average Bonchev–Trinajstić information content (AvgIpc) is 2.87. The third-order valence-corrected chi connectivity index (χ3v) is 8.51. The van der Waals surface area contributed by atoms with Gasteiger partial charge in [-0.05, 0) is 59.2 Å². The highest BCUT2D eigenvalue weighted by atomic mass is 16.7. The molecular formula is C31H53NO7. The van der Waals surface area contributed by atoms with Crippen molar-refractivity contribution < 1.29 is 34.0 Å². The van der Waals surface area contributed by atoms with Gasteiger partial charge in [0.1, 0.15) is 12.2 Å². The molecule has 4 unspecified atom stereocenters. The van der Waals surface area contributed by atoms with Gasteiger partial charge in [0.05, 0.1) is 24.7 Å². The van der Waals surface area contributed by atoms with E-state index in [0.717, 1.165) is 5.57 Å². The Morgan fingerprint density at radius 1 is 1.03 bits per heavy atom. The van der Waals surface area contributed by atoms with Crippen molar-refractivity contribution >= 4 is 11.8 Å². The van der Waals surface area contributed by atoms with Crippen molar-refractivity contribution in [2.45, 2.75) is 123 Å². The summed E-state index contributed by atoms with van der Waals surface area (Å²) < 4.78 is 18.4. The first-order valence-corrected chi connectivity index (χ1v) is 14.7. The van der Waals surface area contributed by atoms with Gasteiger partial charge in [0.25, 0.3) is 0 Å². The van der Waals surface area contributed by atoms with Crippen molar-refractivity contribution in [3.05, 3.63) is 23.8 Å². The molecule has 0 spiro atoms. The summed E-state index contributed by atoms with van der Waals surface area (Å²) in [4.78, 5) is 28.0. The van der Waals surface area contributed by atoms with Crippen LogP contribution in [-0.2, 0) is 23.8 Å². The van der Waals surface area contributed by atoms with Crippen LogP contribution in [0.1, 0.15) is 80.6 Å². The molecule has 2 aliphatic heterocycles. The number of hydrogen-bond acceptors (Lipinski definition) is 8. The number of likely N-dealkylation sites (N-methyl/N-ethyl adjacent to an activating group) is 1. The fourth-order valence-electron chi connectivity index (χ4n) is 5.89. The molecule has 2 N–H and O–H groups in total. The molecule has 0 aromatic rings. The third kappa shape index (κ3) is 9.49. The van der Waals surface area contributed by atoms with E-state index >= 15 is 0 Å². The van der Waals surface area contributed by atoms with E-state index in [1.807, 2.05) is 79.6 Å². The van der Waals surface area contributed by atoms with Gasteiger partial charge >= 0.3 is 5.97 Å². The zero-order valence-corrected chi connectivity index (χ0v) is 25.5. The molecule has 0 saturated carbocycles. The molecule has 0 aromatic carbocycles. The second kappa shape index (κ2) is 15.4. The molecular weight excluding hydrogens is 498 g/mol. The van der Waals surface area contributed by atoms with Crippen molar-refractivity contribution in [3.63, 3.8) is 0 Å². The van der Waals surface area contributed by atoms with E-state index in [-0.39, 0.29) is 48.2 Å². The van der Waals surface area contributed by atoms with Gasteiger partial charge in [0.2, 0.25) is 0 Å². The summed E-state index contributed by atoms with van der Waals surface area (Å²) in [5.74, 6) is -1.32. The van der Waals surface area contributed by atoms with Gasteiger partial charge in [-0.25, -0.2) is 0 Å². The summed E-state index contributed by atoms with van der Waals surface area (Å²) in [6.07, 6.45) is 4.02. The van der Waals surface area contributed by atoms with E-state index in [0.29, 0.717) is 25.7 Å². The Morgan fingerprint density at radius 3 is 2.28 bits per heavy atom. The van der Waals surface area contributed by atoms with Gasteiger partial charge in [0.15, 0.2) is 12.1 Å². The first-order chi connectivity index (χ1) is 18.3. The number of ketones is 1. The van der Waals surface area contributed by atoms with Crippen molar-refractivity contribution in [3.8, 4) is 0 Å². The van der Waals surface area contributed by atoms with Crippen LogP contribution in [0.5, 0.6) is 0 Å². The van der Waals surface area contributed by atoms with Crippen LogP contribution >= 0.6 is 0 Å². The number of hydrogen-bond donors (Lipinski definition) is 2. The highest BCUT2D eigenvalue weighted by molar-refractivity contribution is 5.91. The molecule has 1 fully saturated rings. The molecule has 0 aliphatic carbocycles. The van der Waals surface area contributed by atoms with Gasteiger partial charge in [-0.2, -0.15) is 0 Å². The summed E-state index contributed by atoms with van der Waals surface area (Å²) in [6, 6.07) is -0.143. The second-order valence-corrected chi connectivity index (χ2v) is 12.1. The van der Waals surface area contributed by atoms with E-state index < -0.39 is 36.5 Å². The third-order valence-electron chi connectivity index (χ3n) is 8.51. The molecule has 2 heterocycles. The Labute approximate surface area is 235 Å². The van der Waals surface area contributed by atoms with Crippen LogP contribution in [0.4, 0.5) is 0 Å². The van der Waals surface area contributed by atoms with E-state index in [1.54, 1.807) is 6.08 Å². The topological polar surface area (TPSA) is 106 Å². The van der Waals surface area contributed by atoms with Crippen LogP contribution in [0.3, 0.4) is 0 Å². The molecule has 8 heteroatoms. The maximum atomic E-state index is 13.1. The SMILES string of the molecule is CC[C@H]1C[C@@H](C)C(=O)/C=C/C(C)=C\[C@H](C)[C@@H](CC)OC(=O)C[C@@H](O)[C@H](C)[C@H]1OC1OC(C)CC(N(C)C)C1O. The summed E-state index contributed by atoms with van der Waals surface area (Å²) in [5.41, 5.74) is 0.930. The number of rotatable bonds is 5. The van der Waals surface area contributed by atoms with E-state index in [2.05, 4.69) is 0 Å². The lowest BCUT2D eigenvalue weighted by Crippen LogP contribution is -2.56. The summed E-state index contributed by atoms with van der Waals surface area (Å²) in [5, 5.41) is 22.4. The molecule has 2 aliphatic rings. The lowest BCUT2D eigenvalue weighted by atomic mass is 9.80. The quantitative estimate of drug-likeness (QED) is 0.488. The van der Waals surface area contributed by atoms with E-state index in [4.69, 9.17) is 14.2 Å². The maximum Gasteiger partial charge on any atom is 0.308 e. The standard InChI is InChI=1S/C31H53NO7/c1-10-23-15-19(4)25(33)13-12-18(3)14-20(5)27(11-2)38-28(35)17-26(34)22(7)30(23)39-31-29(36)24(32(8)9)16-21(6)37-31/h12-14,19-24,26-27,29-31,34,36H,10-11,15-17H2,1-9H3/b13-12+,18-14-/t19-,20+,21?,22+,23+,24?,26-,27-,29?,30-,31?/m1/s1. The van der Waals surface area contributed by atoms with E-state index in [1.165, 1.54) is 0 Å². The number of cyclic esters (lactones) is 1. The molecule has 0 radical (unpaired) electrons.